The van der Waals surface area contributed by atoms with Crippen molar-refractivity contribution in [3.05, 3.63) is 30.0 Å². The summed E-state index contributed by atoms with van der Waals surface area (Å²) >= 11 is 1.36. The van der Waals surface area contributed by atoms with Gasteiger partial charge in [0.1, 0.15) is 16.6 Å². The minimum atomic E-state index is 0.676. The van der Waals surface area contributed by atoms with Crippen molar-refractivity contribution in [3.8, 4) is 6.07 Å². The maximum absolute atomic E-state index is 8.98. The van der Waals surface area contributed by atoms with Crippen molar-refractivity contribution in [3.63, 3.8) is 0 Å². The molecule has 0 fully saturated rings. The van der Waals surface area contributed by atoms with E-state index in [1.165, 1.54) is 11.5 Å². The zero-order valence-electron chi connectivity index (χ0n) is 10.3. The number of nitrogens with one attached hydrogen (secondary N) is 1. The first kappa shape index (κ1) is 12.6. The van der Waals surface area contributed by atoms with E-state index in [-0.39, 0.29) is 0 Å². The van der Waals surface area contributed by atoms with Crippen molar-refractivity contribution in [2.24, 2.45) is 0 Å². The molecule has 0 atom stereocenters. The Morgan fingerprint density at radius 2 is 2.39 bits per heavy atom. The third kappa shape index (κ3) is 3.08. The highest BCUT2D eigenvalue weighted by atomic mass is 32.1. The van der Waals surface area contributed by atoms with Gasteiger partial charge in [0.2, 0.25) is 0 Å². The minimum absolute atomic E-state index is 0.676. The lowest BCUT2D eigenvalue weighted by Crippen LogP contribution is -2.03. The van der Waals surface area contributed by atoms with Crippen LogP contribution in [0.4, 0.5) is 5.00 Å². The Kier molecular flexibility index (Phi) is 4.31. The van der Waals surface area contributed by atoms with E-state index in [4.69, 9.17) is 5.26 Å². The monoisotopic (exact) mass is 261 g/mol. The Morgan fingerprint density at radius 1 is 1.50 bits per heavy atom. The molecule has 6 heteroatoms. The van der Waals surface area contributed by atoms with Gasteiger partial charge in [-0.1, -0.05) is 0 Å². The maximum atomic E-state index is 8.98. The first-order valence-corrected chi connectivity index (χ1v) is 6.64. The van der Waals surface area contributed by atoms with Crippen molar-refractivity contribution in [1.82, 2.24) is 13.9 Å². The van der Waals surface area contributed by atoms with Crippen LogP contribution in [0.3, 0.4) is 0 Å². The van der Waals surface area contributed by atoms with Gasteiger partial charge in [0, 0.05) is 25.5 Å². The molecule has 0 radical (unpaired) electrons. The molecule has 0 aliphatic rings. The average molecular weight is 261 g/mol. The Bertz CT molecular complexity index is 523. The lowest BCUT2D eigenvalue weighted by atomic mass is 10.2. The summed E-state index contributed by atoms with van der Waals surface area (Å²) in [6, 6.07) is 2.18. The van der Waals surface area contributed by atoms with Crippen molar-refractivity contribution < 1.29 is 0 Å². The van der Waals surface area contributed by atoms with Crippen LogP contribution in [-0.2, 0) is 6.54 Å². The first-order chi connectivity index (χ1) is 8.81. The van der Waals surface area contributed by atoms with Gasteiger partial charge in [0.15, 0.2) is 0 Å². The van der Waals surface area contributed by atoms with Crippen molar-refractivity contribution in [1.29, 1.82) is 5.26 Å². The number of aromatic nitrogens is 3. The van der Waals surface area contributed by atoms with Crippen LogP contribution >= 0.6 is 11.5 Å². The summed E-state index contributed by atoms with van der Waals surface area (Å²) in [6.45, 7) is 3.71. The molecule has 0 aliphatic heterocycles. The van der Waals surface area contributed by atoms with Gasteiger partial charge in [0.25, 0.3) is 0 Å². The second kappa shape index (κ2) is 6.17. The number of nitrogens with zero attached hydrogens (tertiary/aromatic N) is 4. The number of aryl methyl sites for hydroxylation is 2. The molecule has 2 aromatic heterocycles. The van der Waals surface area contributed by atoms with E-state index in [0.29, 0.717) is 5.56 Å². The van der Waals surface area contributed by atoms with Gasteiger partial charge in [-0.3, -0.25) is 0 Å². The fraction of sp³-hybridized carbons (Fsp3) is 0.417. The fourth-order valence-electron chi connectivity index (χ4n) is 1.66. The van der Waals surface area contributed by atoms with Crippen molar-refractivity contribution in [2.75, 3.05) is 11.9 Å². The normalized spacial score (nSPS) is 10.2. The van der Waals surface area contributed by atoms with Crippen molar-refractivity contribution in [2.45, 2.75) is 26.3 Å². The minimum Gasteiger partial charge on any atom is -0.375 e. The van der Waals surface area contributed by atoms with Gasteiger partial charge < -0.3 is 9.88 Å². The van der Waals surface area contributed by atoms with E-state index in [1.54, 1.807) is 6.20 Å². The zero-order chi connectivity index (χ0) is 12.8. The van der Waals surface area contributed by atoms with E-state index in [0.717, 1.165) is 36.6 Å². The Labute approximate surface area is 110 Å². The number of nitriles is 1. The van der Waals surface area contributed by atoms with Crippen LogP contribution in [0.15, 0.2) is 18.7 Å². The van der Waals surface area contributed by atoms with E-state index < -0.39 is 0 Å². The highest BCUT2D eigenvalue weighted by molar-refractivity contribution is 7.10. The molecule has 0 amide bonds. The predicted molar refractivity (Wildman–Crippen MR) is 71.5 cm³/mol. The molecule has 0 aliphatic carbocycles. The molecule has 2 aromatic rings. The van der Waals surface area contributed by atoms with E-state index >= 15 is 0 Å². The highest BCUT2D eigenvalue weighted by Crippen LogP contribution is 2.23. The third-order valence-corrected chi connectivity index (χ3v) is 3.56. The van der Waals surface area contributed by atoms with Crippen LogP contribution in [0.5, 0.6) is 0 Å². The largest absolute Gasteiger partial charge is 0.375 e. The molecule has 0 bridgehead atoms. The summed E-state index contributed by atoms with van der Waals surface area (Å²) < 4.78 is 6.24. The predicted octanol–water partition coefficient (Wildman–Crippen LogP) is 2.41. The summed E-state index contributed by atoms with van der Waals surface area (Å²) in [6.07, 6.45) is 7.72. The smallest absolute Gasteiger partial charge is 0.127 e. The van der Waals surface area contributed by atoms with E-state index in [1.807, 2.05) is 19.4 Å². The van der Waals surface area contributed by atoms with Crippen molar-refractivity contribution >= 4 is 16.5 Å². The molecule has 1 N–H and O–H groups in total. The van der Waals surface area contributed by atoms with Gasteiger partial charge >= 0.3 is 0 Å². The molecular formula is C12H15N5S. The quantitative estimate of drug-likeness (QED) is 0.811. The van der Waals surface area contributed by atoms with Crippen LogP contribution in [-0.4, -0.2) is 20.5 Å². The third-order valence-electron chi connectivity index (χ3n) is 2.66. The summed E-state index contributed by atoms with van der Waals surface area (Å²) in [5.74, 6) is 0. The van der Waals surface area contributed by atoms with Crippen LogP contribution in [0.2, 0.25) is 0 Å². The first-order valence-electron chi connectivity index (χ1n) is 5.87. The van der Waals surface area contributed by atoms with E-state index in [2.05, 4.69) is 25.3 Å². The van der Waals surface area contributed by atoms with Gasteiger partial charge in [-0.15, -0.1) is 0 Å². The number of unbranched alkanes of at least 4 members (excludes halogenated alkanes) is 1. The molecule has 94 valence electrons. The van der Waals surface area contributed by atoms with Crippen LogP contribution in [0.25, 0.3) is 0 Å². The Morgan fingerprint density at radius 3 is 3.11 bits per heavy atom. The SMILES string of the molecule is Cc1nsc(NCCCCn2ccnc2)c1C#N. The second-order valence-electron chi connectivity index (χ2n) is 4.02. The molecule has 5 nitrogen and oxygen atoms in total. The second-order valence-corrected chi connectivity index (χ2v) is 4.79. The topological polar surface area (TPSA) is 66.5 Å². The molecule has 2 heterocycles. The summed E-state index contributed by atoms with van der Waals surface area (Å²) in [7, 11) is 0. The van der Waals surface area contributed by atoms with Gasteiger partial charge in [-0.25, -0.2) is 4.98 Å². The van der Waals surface area contributed by atoms with E-state index in [9.17, 15) is 0 Å². The Hall–Kier alpha value is -1.87. The van der Waals surface area contributed by atoms with Gasteiger partial charge in [0.05, 0.1) is 12.0 Å². The summed E-state index contributed by atoms with van der Waals surface area (Å²) in [5, 5.41) is 13.1. The number of imidazole rings is 1. The highest BCUT2D eigenvalue weighted by Gasteiger charge is 2.08. The average Bonchev–Trinajstić information content (AvgIpc) is 2.99. The number of hydrogen-bond donors (Lipinski definition) is 1. The standard InChI is InChI=1S/C12H15N5S/c1-10-11(8-13)12(18-16-10)15-4-2-3-6-17-7-5-14-9-17/h5,7,9,15H,2-4,6H2,1H3. The lowest BCUT2D eigenvalue weighted by Gasteiger charge is -2.04. The number of anilines is 1. The lowest BCUT2D eigenvalue weighted by molar-refractivity contribution is 0.621. The van der Waals surface area contributed by atoms with Crippen LogP contribution in [0.1, 0.15) is 24.1 Å². The van der Waals surface area contributed by atoms with Gasteiger partial charge in [-0.2, -0.15) is 9.64 Å². The molecule has 2 rings (SSSR count). The van der Waals surface area contributed by atoms with Crippen LogP contribution in [0, 0.1) is 18.3 Å². The zero-order valence-corrected chi connectivity index (χ0v) is 11.1. The molecule has 0 unspecified atom stereocenters. The maximum Gasteiger partial charge on any atom is 0.127 e. The molecule has 0 saturated heterocycles. The molecule has 0 aromatic carbocycles. The van der Waals surface area contributed by atoms with Gasteiger partial charge in [-0.05, 0) is 31.3 Å². The molecule has 18 heavy (non-hydrogen) atoms. The fourth-order valence-corrected chi connectivity index (χ4v) is 2.43. The number of rotatable bonds is 6. The Balaban J connectivity index is 1.71. The molecule has 0 saturated carbocycles. The van der Waals surface area contributed by atoms with Crippen LogP contribution < -0.4 is 5.32 Å². The molecular weight excluding hydrogens is 246 g/mol. The summed E-state index contributed by atoms with van der Waals surface area (Å²) in [5.41, 5.74) is 1.48. The number of hydrogen-bond acceptors (Lipinski definition) is 5. The summed E-state index contributed by atoms with van der Waals surface area (Å²) in [4.78, 5) is 4.00. The molecule has 0 spiro atoms.